The summed E-state index contributed by atoms with van der Waals surface area (Å²) in [6.45, 7) is 1.92. The first-order valence-electron chi connectivity index (χ1n) is 5.17. The van der Waals surface area contributed by atoms with Crippen molar-refractivity contribution in [1.29, 1.82) is 0 Å². The van der Waals surface area contributed by atoms with Gasteiger partial charge in [-0.2, -0.15) is 0 Å². The lowest BCUT2D eigenvalue weighted by molar-refractivity contribution is -0.142. The Morgan fingerprint density at radius 1 is 1.61 bits per heavy atom. The first kappa shape index (κ1) is 15.6. The number of alkyl halides is 3. The van der Waals surface area contributed by atoms with Gasteiger partial charge in [0.05, 0.1) is 24.6 Å². The number of rotatable bonds is 5. The van der Waals surface area contributed by atoms with E-state index in [0.717, 1.165) is 0 Å². The number of esters is 1. The predicted octanol–water partition coefficient (Wildman–Crippen LogP) is 3.47. The van der Waals surface area contributed by atoms with Crippen LogP contribution in [0, 0.1) is 3.70 Å². The molecule has 0 amide bonds. The summed E-state index contributed by atoms with van der Waals surface area (Å²) in [5, 5.41) is 0. The largest absolute Gasteiger partial charge is 0.466 e. The van der Waals surface area contributed by atoms with Crippen LogP contribution in [0.3, 0.4) is 0 Å². The normalized spacial score (nSPS) is 10.8. The lowest BCUT2D eigenvalue weighted by Gasteiger charge is -2.10. The van der Waals surface area contributed by atoms with Crippen LogP contribution >= 0.6 is 34.2 Å². The third-order valence-corrected chi connectivity index (χ3v) is 3.29. The van der Waals surface area contributed by atoms with Crippen molar-refractivity contribution in [3.05, 3.63) is 26.6 Å². The van der Waals surface area contributed by atoms with E-state index in [2.05, 4.69) is 4.98 Å². The van der Waals surface area contributed by atoms with Gasteiger partial charge >= 0.3 is 5.97 Å². The Morgan fingerprint density at radius 3 is 2.78 bits per heavy atom. The summed E-state index contributed by atoms with van der Waals surface area (Å²) in [4.78, 5) is 15.4. The quantitative estimate of drug-likeness (QED) is 0.335. The second kappa shape index (κ2) is 7.18. The molecule has 1 heterocycles. The molecule has 7 heteroatoms. The Kier molecular flexibility index (Phi) is 6.20. The molecule has 3 nitrogen and oxygen atoms in total. The molecule has 0 radical (unpaired) electrons. The van der Waals surface area contributed by atoms with Crippen molar-refractivity contribution in [2.75, 3.05) is 6.61 Å². The highest BCUT2D eigenvalue weighted by Crippen LogP contribution is 2.26. The summed E-state index contributed by atoms with van der Waals surface area (Å²) in [6, 6.07) is 1.27. The molecule has 0 unspecified atom stereocenters. The van der Waals surface area contributed by atoms with Crippen molar-refractivity contribution >= 4 is 40.2 Å². The molecule has 0 saturated carbocycles. The third-order valence-electron chi connectivity index (χ3n) is 2.17. The summed E-state index contributed by atoms with van der Waals surface area (Å²) in [5.41, 5.74) is 0.626. The van der Waals surface area contributed by atoms with Gasteiger partial charge in [-0.1, -0.05) is 0 Å². The molecule has 1 rings (SSSR count). The number of carbonyl (C=O) groups excluding carboxylic acids is 1. The van der Waals surface area contributed by atoms with Gasteiger partial charge in [0.25, 0.3) is 6.43 Å². The van der Waals surface area contributed by atoms with Crippen molar-refractivity contribution in [3.63, 3.8) is 0 Å². The molecule has 0 N–H and O–H groups in total. The third kappa shape index (κ3) is 4.01. The van der Waals surface area contributed by atoms with E-state index in [1.165, 1.54) is 6.07 Å². The fourth-order valence-corrected chi connectivity index (χ4v) is 2.29. The number of pyridine rings is 1. The van der Waals surface area contributed by atoms with E-state index in [-0.39, 0.29) is 28.2 Å². The second-order valence-corrected chi connectivity index (χ2v) is 4.68. The van der Waals surface area contributed by atoms with Crippen LogP contribution in [0.4, 0.5) is 8.78 Å². The first-order chi connectivity index (χ1) is 8.49. The topological polar surface area (TPSA) is 39.2 Å². The number of aromatic nitrogens is 1. The standard InChI is InChI=1S/C11H11ClF2INO2/c1-2-18-9(17)4-6-3-7(10(13)14)11(15)16-8(6)5-12/h3,10H,2,4-5H2,1H3. The molecular formula is C11H11ClF2INO2. The second-order valence-electron chi connectivity index (χ2n) is 3.39. The Hall–Kier alpha value is -0.500. The smallest absolute Gasteiger partial charge is 0.310 e. The zero-order chi connectivity index (χ0) is 13.7. The zero-order valence-corrected chi connectivity index (χ0v) is 12.5. The van der Waals surface area contributed by atoms with Gasteiger partial charge in [0.15, 0.2) is 0 Å². The molecule has 0 aliphatic heterocycles. The van der Waals surface area contributed by atoms with E-state index in [1.807, 2.05) is 0 Å². The molecule has 0 fully saturated rings. The van der Waals surface area contributed by atoms with Gasteiger partial charge in [-0.3, -0.25) is 4.79 Å². The molecule has 1 aromatic rings. The minimum absolute atomic E-state index is 0.0637. The lowest BCUT2D eigenvalue weighted by Crippen LogP contribution is -2.11. The molecule has 0 spiro atoms. The van der Waals surface area contributed by atoms with E-state index in [9.17, 15) is 13.6 Å². The molecule has 0 aliphatic rings. The van der Waals surface area contributed by atoms with Gasteiger partial charge in [0.2, 0.25) is 0 Å². The summed E-state index contributed by atoms with van der Waals surface area (Å²) >= 11 is 7.42. The fraction of sp³-hybridized carbons (Fsp3) is 0.455. The van der Waals surface area contributed by atoms with Crippen LogP contribution in [0.5, 0.6) is 0 Å². The highest BCUT2D eigenvalue weighted by Gasteiger charge is 2.18. The van der Waals surface area contributed by atoms with E-state index >= 15 is 0 Å². The van der Waals surface area contributed by atoms with Crippen LogP contribution in [-0.4, -0.2) is 17.6 Å². The maximum atomic E-state index is 12.7. The van der Waals surface area contributed by atoms with Crippen LogP contribution in [0.2, 0.25) is 0 Å². The van der Waals surface area contributed by atoms with E-state index in [0.29, 0.717) is 11.3 Å². The summed E-state index contributed by atoms with van der Waals surface area (Å²) < 4.78 is 30.4. The highest BCUT2D eigenvalue weighted by molar-refractivity contribution is 14.1. The molecule has 0 saturated heterocycles. The number of hydrogen-bond acceptors (Lipinski definition) is 3. The van der Waals surface area contributed by atoms with Crippen molar-refractivity contribution in [3.8, 4) is 0 Å². The molecule has 0 bridgehead atoms. The van der Waals surface area contributed by atoms with Crippen molar-refractivity contribution in [2.45, 2.75) is 25.7 Å². The molecule has 1 aromatic heterocycles. The number of ether oxygens (including phenoxy) is 1. The Bertz CT molecular complexity index is 443. The van der Waals surface area contributed by atoms with Gasteiger partial charge in [0.1, 0.15) is 3.70 Å². The molecular weight excluding hydrogens is 378 g/mol. The van der Waals surface area contributed by atoms with Crippen molar-refractivity contribution in [1.82, 2.24) is 4.98 Å². The summed E-state index contributed by atoms with van der Waals surface area (Å²) in [5.74, 6) is -0.416. The van der Waals surface area contributed by atoms with Crippen LogP contribution < -0.4 is 0 Å². The number of hydrogen-bond donors (Lipinski definition) is 0. The lowest BCUT2D eigenvalue weighted by atomic mass is 10.1. The summed E-state index contributed by atoms with van der Waals surface area (Å²) in [7, 11) is 0. The zero-order valence-electron chi connectivity index (χ0n) is 9.55. The molecule has 0 aliphatic carbocycles. The molecule has 18 heavy (non-hydrogen) atoms. The SMILES string of the molecule is CCOC(=O)Cc1cc(C(F)F)c(I)nc1CCl. The monoisotopic (exact) mass is 389 g/mol. The van der Waals surface area contributed by atoms with Crippen LogP contribution in [-0.2, 0) is 21.8 Å². The average Bonchev–Trinajstić information content (AvgIpc) is 2.30. The number of carbonyl (C=O) groups is 1. The Balaban J connectivity index is 3.08. The Labute approximate surface area is 122 Å². The van der Waals surface area contributed by atoms with Crippen LogP contribution in [0.25, 0.3) is 0 Å². The first-order valence-corrected chi connectivity index (χ1v) is 6.78. The van der Waals surface area contributed by atoms with E-state index < -0.39 is 12.4 Å². The minimum Gasteiger partial charge on any atom is -0.466 e. The average molecular weight is 390 g/mol. The maximum Gasteiger partial charge on any atom is 0.310 e. The predicted molar refractivity (Wildman–Crippen MR) is 71.8 cm³/mol. The van der Waals surface area contributed by atoms with Crippen LogP contribution in [0.15, 0.2) is 6.07 Å². The maximum absolute atomic E-state index is 12.7. The fourth-order valence-electron chi connectivity index (χ4n) is 1.37. The van der Waals surface area contributed by atoms with Crippen LogP contribution in [0.1, 0.15) is 30.2 Å². The van der Waals surface area contributed by atoms with Gasteiger partial charge in [-0.05, 0) is 41.1 Å². The molecule has 0 aromatic carbocycles. The minimum atomic E-state index is -2.63. The Morgan fingerprint density at radius 2 is 2.28 bits per heavy atom. The highest BCUT2D eigenvalue weighted by atomic mass is 127. The van der Waals surface area contributed by atoms with Crippen molar-refractivity contribution < 1.29 is 18.3 Å². The van der Waals surface area contributed by atoms with Gasteiger partial charge in [-0.25, -0.2) is 13.8 Å². The van der Waals surface area contributed by atoms with E-state index in [1.54, 1.807) is 29.5 Å². The number of halogens is 4. The van der Waals surface area contributed by atoms with Gasteiger partial charge in [-0.15, -0.1) is 11.6 Å². The molecule has 0 atom stereocenters. The van der Waals surface area contributed by atoms with E-state index in [4.69, 9.17) is 16.3 Å². The van der Waals surface area contributed by atoms with Gasteiger partial charge < -0.3 is 4.74 Å². The summed E-state index contributed by atoms with van der Waals surface area (Å²) in [6.07, 6.45) is -2.73. The van der Waals surface area contributed by atoms with Crippen molar-refractivity contribution in [2.24, 2.45) is 0 Å². The molecule has 100 valence electrons. The number of nitrogens with zero attached hydrogens (tertiary/aromatic N) is 1. The van der Waals surface area contributed by atoms with Gasteiger partial charge in [0, 0.05) is 5.56 Å².